The highest BCUT2D eigenvalue weighted by Gasteiger charge is 2.35. The van der Waals surface area contributed by atoms with Gasteiger partial charge in [0.1, 0.15) is 0 Å². The normalized spacial score (nSPS) is 20.4. The molecule has 0 fully saturated rings. The number of benzene rings is 1. The molecule has 2 rings (SSSR count). The lowest BCUT2D eigenvalue weighted by atomic mass is 9.85. The lowest BCUT2D eigenvalue weighted by Gasteiger charge is -2.23. The Morgan fingerprint density at radius 1 is 1.17 bits per heavy atom. The third-order valence-corrected chi connectivity index (χ3v) is 4.81. The molecule has 1 heterocycles. The second-order valence-electron chi connectivity index (χ2n) is 4.90. The molecule has 0 N–H and O–H groups in total. The Bertz CT molecular complexity index is 583. The van der Waals surface area contributed by atoms with Gasteiger partial charge in [-0.2, -0.15) is 12.8 Å². The summed E-state index contributed by atoms with van der Waals surface area (Å²) in [5, 5.41) is -0.162. The highest BCUT2D eigenvalue weighted by molar-refractivity contribution is 7.90. The van der Waals surface area contributed by atoms with Crippen molar-refractivity contribution in [2.75, 3.05) is 0 Å². The van der Waals surface area contributed by atoms with E-state index >= 15 is 0 Å². The Labute approximate surface area is 113 Å². The lowest BCUT2D eigenvalue weighted by molar-refractivity contribution is 0.487. The van der Waals surface area contributed by atoms with Gasteiger partial charge in [-0.25, -0.2) is 0 Å². The molecule has 1 aromatic rings. The van der Waals surface area contributed by atoms with Crippen LogP contribution in [-0.4, -0.2) is 19.5 Å². The third-order valence-electron chi connectivity index (χ3n) is 3.19. The molecule has 0 bridgehead atoms. The fourth-order valence-corrected chi connectivity index (χ4v) is 4.12. The van der Waals surface area contributed by atoms with Crippen molar-refractivity contribution in [2.24, 2.45) is 16.2 Å². The maximum Gasteiger partial charge on any atom is 0.283 e. The molecule has 0 saturated heterocycles. The van der Waals surface area contributed by atoms with Crippen LogP contribution in [0.15, 0.2) is 33.6 Å². The molecule has 98 valence electrons. The summed E-state index contributed by atoms with van der Waals surface area (Å²) in [6.45, 7) is 5.93. The number of rotatable bonds is 3. The van der Waals surface area contributed by atoms with Gasteiger partial charge in [-0.1, -0.05) is 32.0 Å². The molecular formula is C13H16ClNO2S. The molecule has 1 aliphatic rings. The highest BCUT2D eigenvalue weighted by atomic mass is 35.5. The largest absolute Gasteiger partial charge is 0.283 e. The molecule has 1 aromatic carbocycles. The van der Waals surface area contributed by atoms with Crippen molar-refractivity contribution < 1.29 is 8.42 Å². The number of hydrogen-bond acceptors (Lipinski definition) is 2. The molecule has 0 amide bonds. The van der Waals surface area contributed by atoms with E-state index in [1.165, 1.54) is 0 Å². The summed E-state index contributed by atoms with van der Waals surface area (Å²) in [6, 6.07) is 6.93. The first kappa shape index (κ1) is 13.6. The van der Waals surface area contributed by atoms with Crippen LogP contribution < -0.4 is 0 Å². The Morgan fingerprint density at radius 3 is 2.33 bits per heavy atom. The van der Waals surface area contributed by atoms with Gasteiger partial charge in [0.05, 0.1) is 10.6 Å². The molecular weight excluding hydrogens is 270 g/mol. The van der Waals surface area contributed by atoms with E-state index in [4.69, 9.17) is 11.6 Å². The van der Waals surface area contributed by atoms with E-state index in [-0.39, 0.29) is 17.2 Å². The summed E-state index contributed by atoms with van der Waals surface area (Å²) in [6.07, 6.45) is 0. The van der Waals surface area contributed by atoms with Crippen molar-refractivity contribution >= 4 is 27.3 Å². The van der Waals surface area contributed by atoms with Crippen molar-refractivity contribution in [1.82, 2.24) is 0 Å². The quantitative estimate of drug-likeness (QED) is 0.801. The molecule has 18 heavy (non-hydrogen) atoms. The van der Waals surface area contributed by atoms with Crippen molar-refractivity contribution in [3.05, 3.63) is 29.8 Å². The number of alkyl halides is 1. The predicted octanol–water partition coefficient (Wildman–Crippen LogP) is 3.08. The molecule has 2 atom stereocenters. The average molecular weight is 286 g/mol. The van der Waals surface area contributed by atoms with Crippen molar-refractivity contribution in [2.45, 2.75) is 31.0 Å². The fraction of sp³-hybridized carbons (Fsp3) is 0.462. The van der Waals surface area contributed by atoms with Gasteiger partial charge in [0.25, 0.3) is 10.0 Å². The summed E-state index contributed by atoms with van der Waals surface area (Å²) in [5.74, 6) is 0.169. The Kier molecular flexibility index (Phi) is 3.52. The standard InChI is InChI=1S/C13H16ClNO2S/c1-8(2)12(9(3)14)13-10-6-4-5-7-11(10)18(16,17)15-13/h4-9,12H,1-3H3. The molecule has 5 heteroatoms. The van der Waals surface area contributed by atoms with Gasteiger partial charge < -0.3 is 0 Å². The summed E-state index contributed by atoms with van der Waals surface area (Å²) in [5.41, 5.74) is 1.30. The molecule has 0 radical (unpaired) electrons. The Balaban J connectivity index is 2.60. The molecule has 2 unspecified atom stereocenters. The van der Waals surface area contributed by atoms with Gasteiger partial charge in [0, 0.05) is 16.9 Å². The van der Waals surface area contributed by atoms with E-state index in [1.54, 1.807) is 18.2 Å². The van der Waals surface area contributed by atoms with Gasteiger partial charge >= 0.3 is 0 Å². The van der Waals surface area contributed by atoms with Crippen molar-refractivity contribution in [3.63, 3.8) is 0 Å². The minimum absolute atomic E-state index is 0.0647. The smallest absolute Gasteiger partial charge is 0.199 e. The van der Waals surface area contributed by atoms with Crippen LogP contribution in [0.4, 0.5) is 0 Å². The minimum atomic E-state index is -3.54. The van der Waals surface area contributed by atoms with Crippen LogP contribution in [0.1, 0.15) is 26.3 Å². The zero-order valence-corrected chi connectivity index (χ0v) is 12.2. The van der Waals surface area contributed by atoms with E-state index in [0.717, 1.165) is 0 Å². The van der Waals surface area contributed by atoms with Crippen LogP contribution in [0.5, 0.6) is 0 Å². The van der Waals surface area contributed by atoms with E-state index in [2.05, 4.69) is 4.40 Å². The number of sulfonamides is 1. The first-order valence-electron chi connectivity index (χ1n) is 5.93. The van der Waals surface area contributed by atoms with E-state index in [0.29, 0.717) is 16.2 Å². The first-order chi connectivity index (χ1) is 8.34. The summed E-state index contributed by atoms with van der Waals surface area (Å²) in [4.78, 5) is 0.294. The molecule has 0 saturated carbocycles. The topological polar surface area (TPSA) is 46.5 Å². The van der Waals surface area contributed by atoms with Gasteiger partial charge in [0.15, 0.2) is 0 Å². The zero-order valence-electron chi connectivity index (χ0n) is 10.6. The number of halogens is 1. The maximum atomic E-state index is 12.0. The van der Waals surface area contributed by atoms with E-state index < -0.39 is 10.0 Å². The Hall–Kier alpha value is -0.870. The van der Waals surface area contributed by atoms with Crippen molar-refractivity contribution in [3.8, 4) is 0 Å². The minimum Gasteiger partial charge on any atom is -0.199 e. The van der Waals surface area contributed by atoms with E-state index in [9.17, 15) is 8.42 Å². The summed E-state index contributed by atoms with van der Waals surface area (Å²) in [7, 11) is -3.54. The fourth-order valence-electron chi connectivity index (χ4n) is 2.44. The van der Waals surface area contributed by atoms with Gasteiger partial charge in [0.2, 0.25) is 0 Å². The van der Waals surface area contributed by atoms with Gasteiger partial charge in [-0.15, -0.1) is 11.6 Å². The monoisotopic (exact) mass is 285 g/mol. The molecule has 1 aliphatic heterocycles. The maximum absolute atomic E-state index is 12.0. The Morgan fingerprint density at radius 2 is 1.78 bits per heavy atom. The van der Waals surface area contributed by atoms with Crippen LogP contribution in [0, 0.1) is 11.8 Å². The van der Waals surface area contributed by atoms with Gasteiger partial charge in [-0.05, 0) is 18.9 Å². The van der Waals surface area contributed by atoms with Gasteiger partial charge in [-0.3, -0.25) is 0 Å². The molecule has 0 aliphatic carbocycles. The number of fused-ring (bicyclic) bond motifs is 1. The molecule has 0 spiro atoms. The van der Waals surface area contributed by atoms with E-state index in [1.807, 2.05) is 26.8 Å². The summed E-state index contributed by atoms with van der Waals surface area (Å²) < 4.78 is 27.9. The second kappa shape index (κ2) is 4.67. The van der Waals surface area contributed by atoms with Crippen LogP contribution >= 0.6 is 11.6 Å². The lowest BCUT2D eigenvalue weighted by Crippen LogP contribution is -2.27. The second-order valence-corrected chi connectivity index (χ2v) is 7.16. The van der Waals surface area contributed by atoms with Crippen LogP contribution in [0.25, 0.3) is 0 Å². The van der Waals surface area contributed by atoms with Crippen molar-refractivity contribution in [1.29, 1.82) is 0 Å². The number of nitrogens with zero attached hydrogens (tertiary/aromatic N) is 1. The highest BCUT2D eigenvalue weighted by Crippen LogP contribution is 2.34. The first-order valence-corrected chi connectivity index (χ1v) is 7.80. The molecule has 0 aromatic heterocycles. The van der Waals surface area contributed by atoms with Crippen LogP contribution in [0.3, 0.4) is 0 Å². The number of hydrogen-bond donors (Lipinski definition) is 0. The third kappa shape index (κ3) is 2.19. The average Bonchev–Trinajstić information content (AvgIpc) is 2.51. The molecule has 3 nitrogen and oxygen atoms in total. The summed E-state index contributed by atoms with van der Waals surface area (Å²) >= 11 is 6.20. The van der Waals surface area contributed by atoms with Crippen LogP contribution in [0.2, 0.25) is 0 Å². The zero-order chi connectivity index (χ0) is 13.5. The predicted molar refractivity (Wildman–Crippen MR) is 73.8 cm³/mol. The SMILES string of the molecule is CC(C)C(C1=NS(=O)(=O)c2ccccc21)C(C)Cl. The van der Waals surface area contributed by atoms with Crippen LogP contribution in [-0.2, 0) is 10.0 Å².